The van der Waals surface area contributed by atoms with Gasteiger partial charge in [0, 0.05) is 17.7 Å². The number of hydrogen-bond donors (Lipinski definition) is 1. The van der Waals surface area contributed by atoms with Crippen LogP contribution in [0.5, 0.6) is 0 Å². The average molecular weight is 274 g/mol. The van der Waals surface area contributed by atoms with Crippen molar-refractivity contribution in [3.8, 4) is 23.0 Å². The van der Waals surface area contributed by atoms with E-state index in [1.807, 2.05) is 0 Å². The topological polar surface area (TPSA) is 147 Å². The molecule has 0 aliphatic rings. The van der Waals surface area contributed by atoms with Gasteiger partial charge in [-0.05, 0) is 22.4 Å². The van der Waals surface area contributed by atoms with Gasteiger partial charge in [-0.2, -0.15) is 4.98 Å². The third-order valence-corrected chi connectivity index (χ3v) is 2.48. The largest absolute Gasteiger partial charge is 0.379 e. The highest BCUT2D eigenvalue weighted by Crippen LogP contribution is 2.24. The summed E-state index contributed by atoms with van der Waals surface area (Å²) >= 11 is 0. The summed E-state index contributed by atoms with van der Waals surface area (Å²) in [6, 6.07) is 5.68. The third kappa shape index (κ3) is 1.94. The molecule has 0 atom stereocenters. The van der Waals surface area contributed by atoms with Crippen LogP contribution < -0.4 is 5.73 Å². The van der Waals surface area contributed by atoms with Gasteiger partial charge in [-0.25, -0.2) is 4.63 Å². The maximum Gasteiger partial charge on any atom is 0.269 e. The molecule has 100 valence electrons. The molecule has 1 aromatic carbocycles. The van der Waals surface area contributed by atoms with Crippen LogP contribution in [0.25, 0.3) is 23.0 Å². The number of nitrogen functional groups attached to an aromatic ring is 1. The number of benzene rings is 1. The smallest absolute Gasteiger partial charge is 0.269 e. The van der Waals surface area contributed by atoms with Gasteiger partial charge in [0.15, 0.2) is 11.5 Å². The van der Waals surface area contributed by atoms with Crippen LogP contribution >= 0.6 is 0 Å². The first-order valence-electron chi connectivity index (χ1n) is 5.32. The number of nitro groups is 1. The lowest BCUT2D eigenvalue weighted by atomic mass is 10.2. The van der Waals surface area contributed by atoms with Crippen LogP contribution in [0.1, 0.15) is 0 Å². The quantitative estimate of drug-likeness (QED) is 0.550. The number of hydrogen-bond acceptors (Lipinski definition) is 9. The molecule has 0 bridgehead atoms. The maximum absolute atomic E-state index is 10.6. The minimum absolute atomic E-state index is 0.0292. The average Bonchev–Trinajstić information content (AvgIpc) is 3.07. The summed E-state index contributed by atoms with van der Waals surface area (Å²) in [6.07, 6.45) is 0. The second kappa shape index (κ2) is 4.42. The number of nitro benzene ring substituents is 1. The Balaban J connectivity index is 1.94. The first-order valence-corrected chi connectivity index (χ1v) is 5.32. The van der Waals surface area contributed by atoms with E-state index in [0.717, 1.165) is 0 Å². The van der Waals surface area contributed by atoms with Gasteiger partial charge < -0.3 is 10.3 Å². The number of nitrogens with zero attached hydrogens (tertiary/aromatic N) is 5. The minimum atomic E-state index is -0.495. The van der Waals surface area contributed by atoms with Crippen molar-refractivity contribution < 1.29 is 14.1 Å². The SMILES string of the molecule is Nc1nonc1-c1noc(-c2ccc([N+](=O)[O-])cc2)n1. The van der Waals surface area contributed by atoms with E-state index in [2.05, 4.69) is 25.1 Å². The normalized spacial score (nSPS) is 10.6. The van der Waals surface area contributed by atoms with Gasteiger partial charge in [-0.15, -0.1) is 0 Å². The fraction of sp³-hybridized carbons (Fsp3) is 0. The lowest BCUT2D eigenvalue weighted by molar-refractivity contribution is -0.384. The lowest BCUT2D eigenvalue weighted by Crippen LogP contribution is -1.90. The minimum Gasteiger partial charge on any atom is -0.379 e. The van der Waals surface area contributed by atoms with Crippen LogP contribution in [0.4, 0.5) is 11.5 Å². The number of aromatic nitrogens is 4. The molecule has 10 heteroatoms. The van der Waals surface area contributed by atoms with Crippen molar-refractivity contribution in [2.75, 3.05) is 5.73 Å². The predicted octanol–water partition coefficient (Wildman–Crippen LogP) is 1.28. The van der Waals surface area contributed by atoms with E-state index in [0.29, 0.717) is 5.56 Å². The van der Waals surface area contributed by atoms with Crippen LogP contribution in [0.2, 0.25) is 0 Å². The van der Waals surface area contributed by atoms with Crippen molar-refractivity contribution in [3.63, 3.8) is 0 Å². The molecule has 20 heavy (non-hydrogen) atoms. The second-order valence-electron chi connectivity index (χ2n) is 3.73. The molecular weight excluding hydrogens is 268 g/mol. The molecule has 0 spiro atoms. The summed E-state index contributed by atoms with van der Waals surface area (Å²) < 4.78 is 9.47. The zero-order chi connectivity index (χ0) is 14.1. The Bertz CT molecular complexity index is 762. The highest BCUT2D eigenvalue weighted by atomic mass is 16.6. The van der Waals surface area contributed by atoms with Crippen molar-refractivity contribution in [3.05, 3.63) is 34.4 Å². The van der Waals surface area contributed by atoms with E-state index < -0.39 is 4.92 Å². The molecule has 0 fully saturated rings. The molecule has 0 aliphatic carbocycles. The third-order valence-electron chi connectivity index (χ3n) is 2.48. The highest BCUT2D eigenvalue weighted by molar-refractivity contribution is 5.64. The van der Waals surface area contributed by atoms with E-state index in [9.17, 15) is 10.1 Å². The van der Waals surface area contributed by atoms with Gasteiger partial charge in [-0.1, -0.05) is 5.16 Å². The Morgan fingerprint density at radius 1 is 1.15 bits per heavy atom. The van der Waals surface area contributed by atoms with Crippen molar-refractivity contribution in [2.24, 2.45) is 0 Å². The summed E-state index contributed by atoms with van der Waals surface area (Å²) in [5, 5.41) is 21.2. The summed E-state index contributed by atoms with van der Waals surface area (Å²) in [7, 11) is 0. The van der Waals surface area contributed by atoms with E-state index in [1.54, 1.807) is 0 Å². The first kappa shape index (κ1) is 11.8. The van der Waals surface area contributed by atoms with Crippen LogP contribution in [0, 0.1) is 10.1 Å². The molecule has 0 radical (unpaired) electrons. The highest BCUT2D eigenvalue weighted by Gasteiger charge is 2.17. The first-order chi connectivity index (χ1) is 9.65. The van der Waals surface area contributed by atoms with Gasteiger partial charge in [-0.3, -0.25) is 10.1 Å². The predicted molar refractivity (Wildman–Crippen MR) is 64.1 cm³/mol. The van der Waals surface area contributed by atoms with Crippen LogP contribution in [-0.2, 0) is 0 Å². The fourth-order valence-electron chi connectivity index (χ4n) is 1.51. The molecule has 2 N–H and O–H groups in total. The van der Waals surface area contributed by atoms with Gasteiger partial charge in [0.25, 0.3) is 11.6 Å². The molecule has 0 saturated heterocycles. The van der Waals surface area contributed by atoms with Crippen molar-refractivity contribution in [1.29, 1.82) is 0 Å². The van der Waals surface area contributed by atoms with Gasteiger partial charge in [0.2, 0.25) is 5.82 Å². The molecule has 2 heterocycles. The van der Waals surface area contributed by atoms with E-state index in [1.165, 1.54) is 24.3 Å². The molecular formula is C10H6N6O4. The van der Waals surface area contributed by atoms with Gasteiger partial charge in [0.1, 0.15) is 0 Å². The van der Waals surface area contributed by atoms with E-state index >= 15 is 0 Å². The summed E-state index contributed by atoms with van der Waals surface area (Å²) in [4.78, 5) is 14.1. The monoisotopic (exact) mass is 274 g/mol. The Morgan fingerprint density at radius 3 is 2.50 bits per heavy atom. The molecule has 2 aromatic heterocycles. The molecule has 0 amide bonds. The van der Waals surface area contributed by atoms with Crippen LogP contribution in [0.15, 0.2) is 33.4 Å². The van der Waals surface area contributed by atoms with Crippen molar-refractivity contribution >= 4 is 11.5 Å². The van der Waals surface area contributed by atoms with Crippen LogP contribution in [-0.4, -0.2) is 25.4 Å². The molecule has 0 unspecified atom stereocenters. The summed E-state index contributed by atoms with van der Waals surface area (Å²) in [5.74, 6) is 0.343. The summed E-state index contributed by atoms with van der Waals surface area (Å²) in [6.45, 7) is 0. The Morgan fingerprint density at radius 2 is 1.90 bits per heavy atom. The van der Waals surface area contributed by atoms with Crippen LogP contribution in [0.3, 0.4) is 0 Å². The fourth-order valence-corrected chi connectivity index (χ4v) is 1.51. The van der Waals surface area contributed by atoms with Crippen molar-refractivity contribution in [2.45, 2.75) is 0 Å². The van der Waals surface area contributed by atoms with E-state index in [4.69, 9.17) is 10.3 Å². The standard InChI is InChI=1S/C10H6N6O4/c11-8-7(13-20-14-8)9-12-10(19-15-9)5-1-3-6(4-2-5)16(17)18/h1-4H,(H2,11,14). The zero-order valence-corrected chi connectivity index (χ0v) is 9.76. The Labute approximate surface area is 110 Å². The molecule has 3 aromatic rings. The van der Waals surface area contributed by atoms with Gasteiger partial charge in [0.05, 0.1) is 4.92 Å². The number of non-ortho nitro benzene ring substituents is 1. The lowest BCUT2D eigenvalue weighted by Gasteiger charge is -1.93. The molecule has 10 nitrogen and oxygen atoms in total. The number of rotatable bonds is 3. The zero-order valence-electron chi connectivity index (χ0n) is 9.76. The van der Waals surface area contributed by atoms with Crippen molar-refractivity contribution in [1.82, 2.24) is 20.5 Å². The molecule has 0 aliphatic heterocycles. The van der Waals surface area contributed by atoms with E-state index in [-0.39, 0.29) is 28.9 Å². The molecule has 3 rings (SSSR count). The second-order valence-corrected chi connectivity index (χ2v) is 3.73. The maximum atomic E-state index is 10.6. The molecule has 0 saturated carbocycles. The number of nitrogens with two attached hydrogens (primary N) is 1. The Kier molecular flexibility index (Phi) is 2.60. The summed E-state index contributed by atoms with van der Waals surface area (Å²) in [5.41, 5.74) is 6.18. The Hall–Kier alpha value is -3.30. The van der Waals surface area contributed by atoms with Gasteiger partial charge >= 0.3 is 0 Å². The number of anilines is 1.